The number of rotatable bonds is 6. The Morgan fingerprint density at radius 2 is 2.30 bits per heavy atom. The molecule has 2 aliphatic rings. The highest BCUT2D eigenvalue weighted by atomic mass is 15.4. The molecule has 1 aliphatic heterocycles. The van der Waals surface area contributed by atoms with Gasteiger partial charge in [0.2, 0.25) is 0 Å². The number of hydrazine groups is 1. The van der Waals surface area contributed by atoms with E-state index in [2.05, 4.69) is 32.7 Å². The van der Waals surface area contributed by atoms with Gasteiger partial charge in [0.05, 0.1) is 12.6 Å². The fourth-order valence-electron chi connectivity index (χ4n) is 2.95. The molecule has 4 heteroatoms. The maximum Gasteiger partial charge on any atom is 0.0599 e. The molecule has 0 spiro atoms. The van der Waals surface area contributed by atoms with Gasteiger partial charge in [-0.1, -0.05) is 12.0 Å². The summed E-state index contributed by atoms with van der Waals surface area (Å²) < 4.78 is 0. The van der Waals surface area contributed by atoms with E-state index in [1.807, 2.05) is 18.5 Å². The largest absolute Gasteiger partial charge is 0.292 e. The second-order valence-electron chi connectivity index (χ2n) is 5.89. The van der Waals surface area contributed by atoms with Gasteiger partial charge in [0.1, 0.15) is 0 Å². The lowest BCUT2D eigenvalue weighted by molar-refractivity contribution is 0.241. The minimum Gasteiger partial charge on any atom is -0.292 e. The van der Waals surface area contributed by atoms with Crippen LogP contribution in [0.25, 0.3) is 0 Å². The molecule has 2 N–H and O–H groups in total. The van der Waals surface area contributed by atoms with Crippen LogP contribution in [0.3, 0.4) is 0 Å². The molecule has 3 rings (SSSR count). The third-order valence-corrected chi connectivity index (χ3v) is 4.16. The number of aromatic nitrogens is 1. The smallest absolute Gasteiger partial charge is 0.0599 e. The standard InChI is InChI=1S/C16H22N4/c1-2-8-20(11-13-5-6-13)12-15-10-18-19-16(15)14-4-3-7-17-9-14/h1,3-4,7,9,13,15-16,18-19H,5-6,8,10-12H2. The Hall–Kier alpha value is -1.41. The zero-order chi connectivity index (χ0) is 13.8. The Kier molecular flexibility index (Phi) is 4.31. The van der Waals surface area contributed by atoms with Crippen molar-refractivity contribution in [3.05, 3.63) is 30.1 Å². The van der Waals surface area contributed by atoms with E-state index in [4.69, 9.17) is 6.42 Å². The first kappa shape index (κ1) is 13.6. The summed E-state index contributed by atoms with van der Waals surface area (Å²) in [6.45, 7) is 3.93. The summed E-state index contributed by atoms with van der Waals surface area (Å²) in [5.74, 6) is 4.21. The van der Waals surface area contributed by atoms with Crippen LogP contribution in [0, 0.1) is 24.2 Å². The highest BCUT2D eigenvalue weighted by molar-refractivity contribution is 5.16. The van der Waals surface area contributed by atoms with Crippen LogP contribution < -0.4 is 10.9 Å². The fraction of sp³-hybridized carbons (Fsp3) is 0.562. The molecule has 20 heavy (non-hydrogen) atoms. The number of pyridine rings is 1. The van der Waals surface area contributed by atoms with E-state index >= 15 is 0 Å². The molecule has 1 saturated heterocycles. The highest BCUT2D eigenvalue weighted by Gasteiger charge is 2.31. The van der Waals surface area contributed by atoms with Crippen LogP contribution in [0.2, 0.25) is 0 Å². The number of terminal acetylenes is 1. The quantitative estimate of drug-likeness (QED) is 0.762. The maximum absolute atomic E-state index is 5.51. The van der Waals surface area contributed by atoms with Crippen LogP contribution in [0.15, 0.2) is 24.5 Å². The SMILES string of the molecule is C#CCN(CC1CC1)CC1CNNC1c1cccnc1. The average Bonchev–Trinajstić information content (AvgIpc) is 3.16. The molecule has 106 valence electrons. The fourth-order valence-corrected chi connectivity index (χ4v) is 2.95. The van der Waals surface area contributed by atoms with Gasteiger partial charge >= 0.3 is 0 Å². The van der Waals surface area contributed by atoms with Crippen molar-refractivity contribution >= 4 is 0 Å². The van der Waals surface area contributed by atoms with Crippen molar-refractivity contribution in [2.45, 2.75) is 18.9 Å². The van der Waals surface area contributed by atoms with Crippen molar-refractivity contribution < 1.29 is 0 Å². The van der Waals surface area contributed by atoms with Gasteiger partial charge in [-0.15, -0.1) is 6.42 Å². The van der Waals surface area contributed by atoms with E-state index in [0.29, 0.717) is 12.0 Å². The van der Waals surface area contributed by atoms with Gasteiger partial charge in [0.15, 0.2) is 0 Å². The van der Waals surface area contributed by atoms with Crippen molar-refractivity contribution in [2.75, 3.05) is 26.2 Å². The Bertz CT molecular complexity index is 463. The van der Waals surface area contributed by atoms with Crippen molar-refractivity contribution in [2.24, 2.45) is 11.8 Å². The molecule has 2 fully saturated rings. The van der Waals surface area contributed by atoms with E-state index in [9.17, 15) is 0 Å². The Morgan fingerprint density at radius 1 is 1.40 bits per heavy atom. The van der Waals surface area contributed by atoms with Crippen LogP contribution in [0.1, 0.15) is 24.4 Å². The van der Waals surface area contributed by atoms with E-state index in [0.717, 1.165) is 32.1 Å². The summed E-state index contributed by atoms with van der Waals surface area (Å²) in [7, 11) is 0. The van der Waals surface area contributed by atoms with E-state index in [-0.39, 0.29) is 0 Å². The van der Waals surface area contributed by atoms with Crippen molar-refractivity contribution in [1.29, 1.82) is 0 Å². The van der Waals surface area contributed by atoms with E-state index < -0.39 is 0 Å². The first-order valence-electron chi connectivity index (χ1n) is 7.41. The molecule has 1 saturated carbocycles. The monoisotopic (exact) mass is 270 g/mol. The van der Waals surface area contributed by atoms with Gasteiger partial charge < -0.3 is 0 Å². The molecule has 2 heterocycles. The van der Waals surface area contributed by atoms with Crippen LogP contribution >= 0.6 is 0 Å². The number of nitrogens with zero attached hydrogens (tertiary/aromatic N) is 2. The first-order valence-corrected chi connectivity index (χ1v) is 7.41. The van der Waals surface area contributed by atoms with Crippen molar-refractivity contribution in [3.8, 4) is 12.3 Å². The normalized spacial score (nSPS) is 25.8. The number of hydrogen-bond acceptors (Lipinski definition) is 4. The van der Waals surface area contributed by atoms with Gasteiger partial charge in [-0.2, -0.15) is 0 Å². The lowest BCUT2D eigenvalue weighted by atomic mass is 9.95. The predicted molar refractivity (Wildman–Crippen MR) is 79.6 cm³/mol. The molecule has 2 atom stereocenters. The summed E-state index contributed by atoms with van der Waals surface area (Å²) in [5.41, 5.74) is 7.90. The van der Waals surface area contributed by atoms with Gasteiger partial charge in [0, 0.05) is 37.9 Å². The molecule has 0 amide bonds. The van der Waals surface area contributed by atoms with Crippen molar-refractivity contribution in [3.63, 3.8) is 0 Å². The van der Waals surface area contributed by atoms with Gasteiger partial charge in [0.25, 0.3) is 0 Å². The Balaban J connectivity index is 1.63. The summed E-state index contributed by atoms with van der Waals surface area (Å²) in [4.78, 5) is 6.65. The average molecular weight is 270 g/mol. The molecular weight excluding hydrogens is 248 g/mol. The summed E-state index contributed by atoms with van der Waals surface area (Å²) >= 11 is 0. The summed E-state index contributed by atoms with van der Waals surface area (Å²) in [6, 6.07) is 4.45. The lowest BCUT2D eigenvalue weighted by Gasteiger charge is -2.26. The number of nitrogens with one attached hydrogen (secondary N) is 2. The minimum atomic E-state index is 0.322. The third-order valence-electron chi connectivity index (χ3n) is 4.16. The molecule has 0 radical (unpaired) electrons. The molecule has 1 aromatic heterocycles. The van der Waals surface area contributed by atoms with Gasteiger partial charge in [-0.05, 0) is 30.4 Å². The van der Waals surface area contributed by atoms with Crippen LogP contribution in [-0.4, -0.2) is 36.1 Å². The summed E-state index contributed by atoms with van der Waals surface area (Å²) in [6.07, 6.45) is 12.0. The highest BCUT2D eigenvalue weighted by Crippen LogP contribution is 2.31. The molecule has 1 aromatic rings. The molecular formula is C16H22N4. The molecule has 2 unspecified atom stereocenters. The van der Waals surface area contributed by atoms with E-state index in [1.54, 1.807) is 0 Å². The van der Waals surface area contributed by atoms with E-state index in [1.165, 1.54) is 18.4 Å². The number of hydrogen-bond donors (Lipinski definition) is 2. The molecule has 1 aliphatic carbocycles. The second kappa shape index (κ2) is 6.36. The zero-order valence-electron chi connectivity index (χ0n) is 11.8. The third kappa shape index (κ3) is 3.37. The zero-order valence-corrected chi connectivity index (χ0v) is 11.8. The van der Waals surface area contributed by atoms with Crippen molar-refractivity contribution in [1.82, 2.24) is 20.7 Å². The molecule has 0 aromatic carbocycles. The minimum absolute atomic E-state index is 0.322. The topological polar surface area (TPSA) is 40.2 Å². The molecule has 4 nitrogen and oxygen atoms in total. The van der Waals surface area contributed by atoms with Crippen LogP contribution in [0.5, 0.6) is 0 Å². The lowest BCUT2D eigenvalue weighted by Crippen LogP contribution is -2.34. The summed E-state index contributed by atoms with van der Waals surface area (Å²) in [5, 5.41) is 0. The van der Waals surface area contributed by atoms with Crippen LogP contribution in [0.4, 0.5) is 0 Å². The van der Waals surface area contributed by atoms with Gasteiger partial charge in [-0.3, -0.25) is 15.3 Å². The predicted octanol–water partition coefficient (Wildman–Crippen LogP) is 1.19. The maximum atomic E-state index is 5.51. The first-order chi connectivity index (χ1) is 9.86. The van der Waals surface area contributed by atoms with Gasteiger partial charge in [-0.25, -0.2) is 5.43 Å². The molecule has 0 bridgehead atoms. The second-order valence-corrected chi connectivity index (χ2v) is 5.89. The Labute approximate surface area is 120 Å². The van der Waals surface area contributed by atoms with Crippen LogP contribution in [-0.2, 0) is 0 Å². The Morgan fingerprint density at radius 3 is 3.00 bits per heavy atom.